The molecule has 1 atom stereocenters. The number of amides is 2. The molecular weight excluding hydrogens is 416 g/mol. The van der Waals surface area contributed by atoms with E-state index in [4.69, 9.17) is 0 Å². The lowest BCUT2D eigenvalue weighted by Crippen LogP contribution is -2.51. The molecule has 170 valence electrons. The predicted molar refractivity (Wildman–Crippen MR) is 118 cm³/mol. The van der Waals surface area contributed by atoms with Gasteiger partial charge in [-0.15, -0.1) is 0 Å². The van der Waals surface area contributed by atoms with Crippen molar-refractivity contribution in [1.82, 2.24) is 20.3 Å². The number of carbonyl (C=O) groups is 2. The lowest BCUT2D eigenvalue weighted by molar-refractivity contribution is -0.129. The normalized spacial score (nSPS) is 19.8. The molecule has 9 heteroatoms. The summed E-state index contributed by atoms with van der Waals surface area (Å²) in [6.45, 7) is 3.17. The Kier molecular flexibility index (Phi) is 8.09. The second kappa shape index (κ2) is 10.8. The number of nitrogens with one attached hydrogen (secondary N) is 3. The summed E-state index contributed by atoms with van der Waals surface area (Å²) in [5.74, 6) is -0.871. The molecule has 0 spiro atoms. The first-order chi connectivity index (χ1) is 14.9. The van der Waals surface area contributed by atoms with E-state index in [1.165, 1.54) is 56.6 Å². The van der Waals surface area contributed by atoms with E-state index in [1.54, 1.807) is 12.1 Å². The van der Waals surface area contributed by atoms with Crippen LogP contribution in [-0.2, 0) is 19.6 Å². The minimum atomic E-state index is -3.95. The van der Waals surface area contributed by atoms with Gasteiger partial charge in [0.05, 0.1) is 11.3 Å². The maximum absolute atomic E-state index is 13.0. The SMILES string of the molecule is Cc1ccc(S(=O)(=O)N2C=CNC(=O)[C@H]2CC(=O)NCCCNC2CCCCC2)cc1. The summed E-state index contributed by atoms with van der Waals surface area (Å²) in [5.41, 5.74) is 0.930. The summed E-state index contributed by atoms with van der Waals surface area (Å²) < 4.78 is 27.1. The third kappa shape index (κ3) is 6.30. The minimum absolute atomic E-state index is 0.0802. The van der Waals surface area contributed by atoms with Crippen molar-refractivity contribution in [3.05, 3.63) is 42.2 Å². The second-order valence-corrected chi connectivity index (χ2v) is 10.0. The van der Waals surface area contributed by atoms with Crippen molar-refractivity contribution in [2.45, 2.75) is 68.8 Å². The van der Waals surface area contributed by atoms with Crippen molar-refractivity contribution >= 4 is 21.8 Å². The van der Waals surface area contributed by atoms with E-state index in [0.29, 0.717) is 12.6 Å². The van der Waals surface area contributed by atoms with E-state index in [2.05, 4.69) is 16.0 Å². The Morgan fingerprint density at radius 3 is 2.55 bits per heavy atom. The van der Waals surface area contributed by atoms with E-state index in [1.807, 2.05) is 6.92 Å². The van der Waals surface area contributed by atoms with Crippen LogP contribution in [0.2, 0.25) is 0 Å². The summed E-state index contributed by atoms with van der Waals surface area (Å²) in [6.07, 6.45) is 9.39. The van der Waals surface area contributed by atoms with Crippen molar-refractivity contribution in [1.29, 1.82) is 0 Å². The van der Waals surface area contributed by atoms with Gasteiger partial charge in [0, 0.05) is 25.0 Å². The highest BCUT2D eigenvalue weighted by atomic mass is 32.2. The minimum Gasteiger partial charge on any atom is -0.356 e. The van der Waals surface area contributed by atoms with Crippen LogP contribution in [-0.4, -0.2) is 49.7 Å². The van der Waals surface area contributed by atoms with Gasteiger partial charge >= 0.3 is 0 Å². The molecule has 3 N–H and O–H groups in total. The number of benzene rings is 1. The average molecular weight is 449 g/mol. The number of rotatable bonds is 9. The first kappa shape index (κ1) is 23.3. The van der Waals surface area contributed by atoms with Crippen LogP contribution < -0.4 is 16.0 Å². The van der Waals surface area contributed by atoms with Gasteiger partial charge in [0.1, 0.15) is 6.04 Å². The topological polar surface area (TPSA) is 108 Å². The van der Waals surface area contributed by atoms with E-state index >= 15 is 0 Å². The monoisotopic (exact) mass is 448 g/mol. The Morgan fingerprint density at radius 2 is 1.84 bits per heavy atom. The highest BCUT2D eigenvalue weighted by molar-refractivity contribution is 7.89. The summed E-state index contributed by atoms with van der Waals surface area (Å²) in [5, 5.41) is 8.82. The fraction of sp³-hybridized carbons (Fsp3) is 0.545. The number of hydrogen-bond donors (Lipinski definition) is 3. The molecule has 3 rings (SSSR count). The standard InChI is InChI=1S/C22H32N4O4S/c1-17-8-10-19(11-9-17)31(29,30)26-15-14-25-22(28)20(26)16-21(27)24-13-5-12-23-18-6-3-2-4-7-18/h8-11,14-15,18,20,23H,2-7,12-13,16H2,1H3,(H,24,27)(H,25,28)/t20-/m1/s1. The lowest BCUT2D eigenvalue weighted by Gasteiger charge is -2.31. The van der Waals surface area contributed by atoms with Gasteiger partial charge in [-0.05, 0) is 44.9 Å². The van der Waals surface area contributed by atoms with E-state index in [9.17, 15) is 18.0 Å². The molecule has 1 heterocycles. The molecule has 0 unspecified atom stereocenters. The Morgan fingerprint density at radius 1 is 1.13 bits per heavy atom. The Labute approximate surface area is 184 Å². The first-order valence-corrected chi connectivity index (χ1v) is 12.4. The third-order valence-electron chi connectivity index (χ3n) is 5.75. The second-order valence-electron chi connectivity index (χ2n) is 8.18. The van der Waals surface area contributed by atoms with Crippen LogP contribution in [0.25, 0.3) is 0 Å². The third-order valence-corrected chi connectivity index (χ3v) is 7.55. The van der Waals surface area contributed by atoms with Crippen LogP contribution in [0.4, 0.5) is 0 Å². The molecule has 1 fully saturated rings. The fourth-order valence-electron chi connectivity index (χ4n) is 3.95. The van der Waals surface area contributed by atoms with Crippen molar-refractivity contribution in [3.8, 4) is 0 Å². The van der Waals surface area contributed by atoms with Crippen LogP contribution in [0.5, 0.6) is 0 Å². The molecule has 8 nitrogen and oxygen atoms in total. The summed E-state index contributed by atoms with van der Waals surface area (Å²) in [7, 11) is -3.95. The number of carbonyl (C=O) groups excluding carboxylic acids is 2. The van der Waals surface area contributed by atoms with Crippen molar-refractivity contribution in [2.75, 3.05) is 13.1 Å². The van der Waals surface area contributed by atoms with Gasteiger partial charge in [-0.3, -0.25) is 13.9 Å². The molecular formula is C22H32N4O4S. The van der Waals surface area contributed by atoms with E-state index in [-0.39, 0.29) is 17.2 Å². The molecule has 1 aromatic carbocycles. The highest BCUT2D eigenvalue weighted by Gasteiger charge is 2.36. The van der Waals surface area contributed by atoms with Crippen molar-refractivity contribution < 1.29 is 18.0 Å². The van der Waals surface area contributed by atoms with Crippen LogP contribution >= 0.6 is 0 Å². The quantitative estimate of drug-likeness (QED) is 0.499. The Bertz CT molecular complexity index is 893. The zero-order chi connectivity index (χ0) is 22.3. The average Bonchev–Trinajstić information content (AvgIpc) is 2.76. The van der Waals surface area contributed by atoms with Crippen LogP contribution in [0.3, 0.4) is 0 Å². The summed E-state index contributed by atoms with van der Waals surface area (Å²) in [4.78, 5) is 24.9. The number of nitrogens with zero attached hydrogens (tertiary/aromatic N) is 1. The maximum atomic E-state index is 13.0. The molecule has 1 aromatic rings. The van der Waals surface area contributed by atoms with Crippen molar-refractivity contribution in [3.63, 3.8) is 0 Å². The molecule has 0 aromatic heterocycles. The van der Waals surface area contributed by atoms with E-state index in [0.717, 1.165) is 22.8 Å². The maximum Gasteiger partial charge on any atom is 0.264 e. The van der Waals surface area contributed by atoms with Crippen LogP contribution in [0, 0.1) is 6.92 Å². The first-order valence-electron chi connectivity index (χ1n) is 11.0. The van der Waals surface area contributed by atoms with Gasteiger partial charge in [-0.1, -0.05) is 37.0 Å². The number of hydrogen-bond acceptors (Lipinski definition) is 5. The van der Waals surface area contributed by atoms with Gasteiger partial charge < -0.3 is 16.0 Å². The van der Waals surface area contributed by atoms with Gasteiger partial charge in [0.25, 0.3) is 10.0 Å². The molecule has 0 radical (unpaired) electrons. The molecule has 1 aliphatic carbocycles. The molecule has 1 aliphatic heterocycles. The predicted octanol–water partition coefficient (Wildman–Crippen LogP) is 1.77. The van der Waals surface area contributed by atoms with Gasteiger partial charge in [-0.2, -0.15) is 0 Å². The highest BCUT2D eigenvalue weighted by Crippen LogP contribution is 2.22. The summed E-state index contributed by atoms with van der Waals surface area (Å²) in [6, 6.07) is 5.84. The van der Waals surface area contributed by atoms with Crippen LogP contribution in [0.1, 0.15) is 50.5 Å². The fourth-order valence-corrected chi connectivity index (χ4v) is 5.40. The zero-order valence-electron chi connectivity index (χ0n) is 18.0. The van der Waals surface area contributed by atoms with Crippen molar-refractivity contribution in [2.24, 2.45) is 0 Å². The molecule has 31 heavy (non-hydrogen) atoms. The smallest absolute Gasteiger partial charge is 0.264 e. The lowest BCUT2D eigenvalue weighted by atomic mass is 9.95. The molecule has 2 amide bonds. The molecule has 0 saturated heterocycles. The molecule has 2 aliphatic rings. The Hall–Kier alpha value is -2.39. The van der Waals surface area contributed by atoms with Crippen LogP contribution in [0.15, 0.2) is 41.6 Å². The largest absolute Gasteiger partial charge is 0.356 e. The number of aryl methyl sites for hydroxylation is 1. The molecule has 1 saturated carbocycles. The van der Waals surface area contributed by atoms with E-state index < -0.39 is 22.0 Å². The summed E-state index contributed by atoms with van der Waals surface area (Å²) >= 11 is 0. The van der Waals surface area contributed by atoms with Gasteiger partial charge in [0.15, 0.2) is 0 Å². The van der Waals surface area contributed by atoms with Gasteiger partial charge in [0.2, 0.25) is 11.8 Å². The zero-order valence-corrected chi connectivity index (χ0v) is 18.8. The Balaban J connectivity index is 1.53. The molecule has 0 bridgehead atoms. The number of sulfonamides is 1. The van der Waals surface area contributed by atoms with Gasteiger partial charge in [-0.25, -0.2) is 8.42 Å².